The highest BCUT2D eigenvalue weighted by Crippen LogP contribution is 2.49. The van der Waals surface area contributed by atoms with Gasteiger partial charge < -0.3 is 11.5 Å². The van der Waals surface area contributed by atoms with Crippen LogP contribution in [0.5, 0.6) is 0 Å². The van der Waals surface area contributed by atoms with Gasteiger partial charge in [0.1, 0.15) is 0 Å². The molecule has 4 N–H and O–H groups in total. The van der Waals surface area contributed by atoms with Crippen LogP contribution >= 0.6 is 7.92 Å². The van der Waals surface area contributed by atoms with E-state index in [1.807, 2.05) is 0 Å². The monoisotopic (exact) mass is 454 g/mol. The van der Waals surface area contributed by atoms with Crippen LogP contribution in [0.25, 0.3) is 22.3 Å². The molecule has 33 heavy (non-hydrogen) atoms. The molecular weight excluding hydrogens is 419 g/mol. The Morgan fingerprint density at radius 1 is 0.606 bits per heavy atom. The molecule has 0 aromatic heterocycles. The van der Waals surface area contributed by atoms with E-state index in [-0.39, 0.29) is 7.92 Å². The van der Waals surface area contributed by atoms with Gasteiger partial charge in [-0.1, -0.05) is 38.3 Å². The summed E-state index contributed by atoms with van der Waals surface area (Å²) in [5.74, 6) is 0. The second kappa shape index (κ2) is 8.80. The standard InChI is InChI=1S/C30H35N2P/c31-26-16-15-20-9-1-3-11-22(20)28(26)29-23-12-4-2-10-21(23)19-25(30(29)32)24-13-5-6-14-27(24)33-17-7-8-18-33/h5-6,13-16,19H,1-4,7-12,17-18,31-32H2. The molecule has 3 aliphatic rings. The highest BCUT2D eigenvalue weighted by atomic mass is 31.1. The van der Waals surface area contributed by atoms with Gasteiger partial charge in [-0.15, -0.1) is 0 Å². The number of hydrogen-bond donors (Lipinski definition) is 2. The van der Waals surface area contributed by atoms with Crippen molar-refractivity contribution in [3.8, 4) is 22.3 Å². The third-order valence-electron chi connectivity index (χ3n) is 8.15. The number of fused-ring (bicyclic) bond motifs is 2. The lowest BCUT2D eigenvalue weighted by molar-refractivity contribution is 0.682. The minimum atomic E-state index is -0.0666. The Balaban J connectivity index is 1.62. The van der Waals surface area contributed by atoms with Gasteiger partial charge in [-0.2, -0.15) is 0 Å². The lowest BCUT2D eigenvalue weighted by atomic mass is 9.78. The van der Waals surface area contributed by atoms with E-state index in [1.54, 1.807) is 5.30 Å². The Kier molecular flexibility index (Phi) is 5.67. The highest BCUT2D eigenvalue weighted by molar-refractivity contribution is 7.66. The van der Waals surface area contributed by atoms with Crippen molar-refractivity contribution in [3.63, 3.8) is 0 Å². The lowest BCUT2D eigenvalue weighted by Crippen LogP contribution is -2.14. The van der Waals surface area contributed by atoms with E-state index < -0.39 is 0 Å². The summed E-state index contributed by atoms with van der Waals surface area (Å²) in [6.07, 6.45) is 15.1. The van der Waals surface area contributed by atoms with Crippen LogP contribution in [0.2, 0.25) is 0 Å². The first-order chi connectivity index (χ1) is 16.2. The summed E-state index contributed by atoms with van der Waals surface area (Å²) in [6, 6.07) is 16.0. The zero-order valence-corrected chi connectivity index (χ0v) is 20.5. The zero-order valence-electron chi connectivity index (χ0n) is 19.6. The molecule has 0 radical (unpaired) electrons. The molecule has 1 fully saturated rings. The van der Waals surface area contributed by atoms with Crippen LogP contribution in [0, 0.1) is 0 Å². The molecule has 0 amide bonds. The summed E-state index contributed by atoms with van der Waals surface area (Å²) in [6.45, 7) is 0. The van der Waals surface area contributed by atoms with Gasteiger partial charge in [0.05, 0.1) is 0 Å². The summed E-state index contributed by atoms with van der Waals surface area (Å²) in [4.78, 5) is 0. The smallest absolute Gasteiger partial charge is 0.0477 e. The van der Waals surface area contributed by atoms with Crippen molar-refractivity contribution in [2.45, 2.75) is 64.2 Å². The number of nitrogen functional groups attached to an aromatic ring is 2. The predicted molar refractivity (Wildman–Crippen MR) is 145 cm³/mol. The van der Waals surface area contributed by atoms with E-state index in [4.69, 9.17) is 11.5 Å². The third-order valence-corrected chi connectivity index (χ3v) is 10.9. The Labute approximate surface area is 199 Å². The number of hydrogen-bond acceptors (Lipinski definition) is 2. The van der Waals surface area contributed by atoms with E-state index in [1.165, 1.54) is 95.4 Å². The highest BCUT2D eigenvalue weighted by Gasteiger charge is 2.27. The summed E-state index contributed by atoms with van der Waals surface area (Å²) in [5, 5.41) is 1.56. The number of benzene rings is 3. The lowest BCUT2D eigenvalue weighted by Gasteiger charge is -2.29. The van der Waals surface area contributed by atoms with Crippen LogP contribution < -0.4 is 16.8 Å². The van der Waals surface area contributed by atoms with Crippen molar-refractivity contribution in [3.05, 3.63) is 64.7 Å². The summed E-state index contributed by atoms with van der Waals surface area (Å²) in [5.41, 5.74) is 26.9. The molecule has 1 aliphatic heterocycles. The molecule has 0 unspecified atom stereocenters. The average molecular weight is 455 g/mol. The fourth-order valence-electron chi connectivity index (χ4n) is 6.51. The van der Waals surface area contributed by atoms with Gasteiger partial charge in [0.15, 0.2) is 0 Å². The summed E-state index contributed by atoms with van der Waals surface area (Å²) < 4.78 is 0. The molecule has 3 aromatic carbocycles. The van der Waals surface area contributed by atoms with Crippen LogP contribution in [0.15, 0.2) is 42.5 Å². The molecule has 1 saturated heterocycles. The Bertz CT molecular complexity index is 1210. The second-order valence-corrected chi connectivity index (χ2v) is 12.6. The number of rotatable bonds is 3. The van der Waals surface area contributed by atoms with Crippen LogP contribution in [0.1, 0.15) is 60.8 Å². The van der Waals surface area contributed by atoms with E-state index in [0.29, 0.717) is 0 Å². The van der Waals surface area contributed by atoms with Crippen molar-refractivity contribution in [2.24, 2.45) is 0 Å². The normalized spacial score (nSPS) is 18.2. The molecule has 6 rings (SSSR count). The fourth-order valence-corrected chi connectivity index (χ4v) is 9.26. The van der Waals surface area contributed by atoms with Gasteiger partial charge in [0, 0.05) is 28.1 Å². The summed E-state index contributed by atoms with van der Waals surface area (Å²) >= 11 is 0. The molecule has 2 aliphatic carbocycles. The first-order valence-electron chi connectivity index (χ1n) is 12.9. The van der Waals surface area contributed by atoms with Crippen LogP contribution in [0.4, 0.5) is 11.4 Å². The minimum absolute atomic E-state index is 0.0666. The first-order valence-corrected chi connectivity index (χ1v) is 14.6. The Hall–Kier alpha value is -2.31. The van der Waals surface area contributed by atoms with E-state index in [9.17, 15) is 0 Å². The molecule has 0 saturated carbocycles. The van der Waals surface area contributed by atoms with Crippen molar-refractivity contribution in [1.82, 2.24) is 0 Å². The van der Waals surface area contributed by atoms with Crippen molar-refractivity contribution in [1.29, 1.82) is 0 Å². The van der Waals surface area contributed by atoms with Crippen molar-refractivity contribution < 1.29 is 0 Å². The maximum absolute atomic E-state index is 7.19. The molecule has 3 heteroatoms. The SMILES string of the molecule is Nc1ccc2c(c1-c1c(N)c(-c3ccccc3P3CCCC3)cc3c1CCCC3)CCCC2. The van der Waals surface area contributed by atoms with Gasteiger partial charge in [0.25, 0.3) is 0 Å². The first kappa shape index (κ1) is 21.2. The maximum Gasteiger partial charge on any atom is 0.0477 e. The average Bonchev–Trinajstić information content (AvgIpc) is 3.39. The maximum atomic E-state index is 7.19. The van der Waals surface area contributed by atoms with Crippen LogP contribution in [-0.4, -0.2) is 12.3 Å². The predicted octanol–water partition coefficient (Wildman–Crippen LogP) is 6.84. The van der Waals surface area contributed by atoms with Crippen LogP contribution in [-0.2, 0) is 25.7 Å². The topological polar surface area (TPSA) is 52.0 Å². The van der Waals surface area contributed by atoms with E-state index >= 15 is 0 Å². The van der Waals surface area contributed by atoms with Gasteiger partial charge in [-0.3, -0.25) is 0 Å². The van der Waals surface area contributed by atoms with Crippen molar-refractivity contribution >= 4 is 24.6 Å². The molecule has 170 valence electrons. The molecule has 2 nitrogen and oxygen atoms in total. The molecule has 0 spiro atoms. The van der Waals surface area contributed by atoms with Gasteiger partial charge in [0.2, 0.25) is 0 Å². The van der Waals surface area contributed by atoms with Gasteiger partial charge >= 0.3 is 0 Å². The Morgan fingerprint density at radius 3 is 2.06 bits per heavy atom. The zero-order chi connectivity index (χ0) is 22.4. The number of aryl methyl sites for hydroxylation is 2. The molecular formula is C30H35N2P. The number of anilines is 2. The summed E-state index contributed by atoms with van der Waals surface area (Å²) in [7, 11) is -0.0666. The van der Waals surface area contributed by atoms with Crippen LogP contribution in [0.3, 0.4) is 0 Å². The molecule has 0 atom stereocenters. The van der Waals surface area contributed by atoms with E-state index in [0.717, 1.165) is 37.1 Å². The fraction of sp³-hybridized carbons (Fsp3) is 0.400. The molecule has 3 aromatic rings. The second-order valence-electron chi connectivity index (χ2n) is 10.1. The number of nitrogens with two attached hydrogens (primary N) is 2. The van der Waals surface area contributed by atoms with Gasteiger partial charge in [-0.25, -0.2) is 0 Å². The Morgan fingerprint density at radius 2 is 1.27 bits per heavy atom. The largest absolute Gasteiger partial charge is 0.398 e. The molecule has 0 bridgehead atoms. The van der Waals surface area contributed by atoms with Gasteiger partial charge in [-0.05, 0) is 122 Å². The minimum Gasteiger partial charge on any atom is -0.398 e. The quantitative estimate of drug-likeness (QED) is 0.336. The van der Waals surface area contributed by atoms with Crippen molar-refractivity contribution in [2.75, 3.05) is 23.8 Å². The van der Waals surface area contributed by atoms with E-state index in [2.05, 4.69) is 42.5 Å². The molecule has 1 heterocycles. The third kappa shape index (κ3) is 3.68.